The van der Waals surface area contributed by atoms with Crippen LogP contribution in [0.15, 0.2) is 18.2 Å². The predicted octanol–water partition coefficient (Wildman–Crippen LogP) is 2.63. The summed E-state index contributed by atoms with van der Waals surface area (Å²) in [5.74, 6) is 0.724. The van der Waals surface area contributed by atoms with E-state index in [0.29, 0.717) is 37.7 Å². The second-order valence-electron chi connectivity index (χ2n) is 4.84. The highest BCUT2D eigenvalue weighted by molar-refractivity contribution is 5.85. The Balaban J connectivity index is 0.00000242. The maximum Gasteiger partial charge on any atom is 0.408 e. The van der Waals surface area contributed by atoms with Gasteiger partial charge in [-0.15, -0.1) is 12.4 Å². The summed E-state index contributed by atoms with van der Waals surface area (Å²) in [6.07, 6.45) is -4.34. The molecule has 1 atom stereocenters. The Morgan fingerprint density at radius 1 is 1.09 bits per heavy atom. The monoisotopic (exact) mass is 340 g/mol. The third-order valence-corrected chi connectivity index (χ3v) is 3.55. The molecule has 0 amide bonds. The number of hydrogen-bond donors (Lipinski definition) is 1. The molecule has 0 radical (unpaired) electrons. The van der Waals surface area contributed by atoms with E-state index in [4.69, 9.17) is 9.47 Å². The van der Waals surface area contributed by atoms with E-state index in [1.165, 1.54) is 37.3 Å². The normalized spacial score (nSPS) is 17.5. The molecular weight excluding hydrogens is 321 g/mol. The molecule has 1 aliphatic heterocycles. The minimum Gasteiger partial charge on any atom is -0.493 e. The minimum atomic E-state index is -4.34. The van der Waals surface area contributed by atoms with E-state index < -0.39 is 12.2 Å². The molecule has 1 N–H and O–H groups in total. The molecule has 1 saturated heterocycles. The van der Waals surface area contributed by atoms with Crippen molar-refractivity contribution in [2.75, 3.05) is 40.4 Å². The number of nitrogens with one attached hydrogen (secondary N) is 1. The van der Waals surface area contributed by atoms with Crippen LogP contribution in [0.5, 0.6) is 11.5 Å². The average molecular weight is 341 g/mol. The second kappa shape index (κ2) is 7.89. The van der Waals surface area contributed by atoms with Gasteiger partial charge in [-0.05, 0) is 17.7 Å². The molecule has 0 aliphatic carbocycles. The molecule has 1 fully saturated rings. The van der Waals surface area contributed by atoms with Crippen LogP contribution in [0.3, 0.4) is 0 Å². The van der Waals surface area contributed by atoms with E-state index >= 15 is 0 Å². The van der Waals surface area contributed by atoms with Gasteiger partial charge in [-0.25, -0.2) is 0 Å². The third kappa shape index (κ3) is 4.18. The summed E-state index contributed by atoms with van der Waals surface area (Å²) in [5, 5.41) is 3.06. The number of rotatable bonds is 4. The lowest BCUT2D eigenvalue weighted by Crippen LogP contribution is -2.49. The quantitative estimate of drug-likeness (QED) is 0.913. The third-order valence-electron chi connectivity index (χ3n) is 3.55. The predicted molar refractivity (Wildman–Crippen MR) is 80.0 cm³/mol. The Morgan fingerprint density at radius 2 is 1.68 bits per heavy atom. The Labute approximate surface area is 134 Å². The van der Waals surface area contributed by atoms with Crippen molar-refractivity contribution in [3.8, 4) is 11.5 Å². The molecule has 0 spiro atoms. The standard InChI is InChI=1S/C14H19F3N2O2.ClH/c1-20-11-4-3-10(9-12(11)21-2)13(14(15,16)17)19-7-5-18-6-8-19;/h3-4,9,13,18H,5-8H2,1-2H3;1H/t13-;/m1./s1. The zero-order chi connectivity index (χ0) is 15.5. The van der Waals surface area contributed by atoms with Crippen molar-refractivity contribution in [2.24, 2.45) is 0 Å². The zero-order valence-electron chi connectivity index (χ0n) is 12.4. The first kappa shape index (κ1) is 18.9. The van der Waals surface area contributed by atoms with Crippen molar-refractivity contribution < 1.29 is 22.6 Å². The number of piperazine rings is 1. The number of halogens is 4. The summed E-state index contributed by atoms with van der Waals surface area (Å²) in [5.41, 5.74) is 0.169. The molecule has 126 valence electrons. The molecule has 0 bridgehead atoms. The van der Waals surface area contributed by atoms with E-state index in [2.05, 4.69) is 5.32 Å². The molecule has 1 aromatic carbocycles. The van der Waals surface area contributed by atoms with Crippen LogP contribution < -0.4 is 14.8 Å². The molecule has 2 rings (SSSR count). The topological polar surface area (TPSA) is 33.7 Å². The maximum atomic E-state index is 13.5. The van der Waals surface area contributed by atoms with Crippen LogP contribution in [0.25, 0.3) is 0 Å². The lowest BCUT2D eigenvalue weighted by molar-refractivity contribution is -0.187. The molecule has 1 aromatic rings. The highest BCUT2D eigenvalue weighted by atomic mass is 35.5. The molecule has 0 saturated carbocycles. The molecule has 1 aliphatic rings. The van der Waals surface area contributed by atoms with Crippen LogP contribution in [0, 0.1) is 0 Å². The van der Waals surface area contributed by atoms with Crippen molar-refractivity contribution in [1.29, 1.82) is 0 Å². The van der Waals surface area contributed by atoms with Gasteiger partial charge in [0.2, 0.25) is 0 Å². The molecule has 4 nitrogen and oxygen atoms in total. The van der Waals surface area contributed by atoms with Crippen molar-refractivity contribution in [3.05, 3.63) is 23.8 Å². The van der Waals surface area contributed by atoms with Gasteiger partial charge in [-0.3, -0.25) is 4.90 Å². The molecular formula is C14H20ClF3N2O2. The van der Waals surface area contributed by atoms with Gasteiger partial charge in [0.25, 0.3) is 0 Å². The van der Waals surface area contributed by atoms with Crippen LogP contribution >= 0.6 is 12.4 Å². The van der Waals surface area contributed by atoms with Gasteiger partial charge in [0, 0.05) is 26.2 Å². The highest BCUT2D eigenvalue weighted by Crippen LogP contribution is 2.40. The van der Waals surface area contributed by atoms with E-state index in [9.17, 15) is 13.2 Å². The van der Waals surface area contributed by atoms with Gasteiger partial charge in [0.1, 0.15) is 6.04 Å². The number of benzene rings is 1. The van der Waals surface area contributed by atoms with Crippen LogP contribution in [0.4, 0.5) is 13.2 Å². The van der Waals surface area contributed by atoms with Gasteiger partial charge in [0.05, 0.1) is 14.2 Å². The van der Waals surface area contributed by atoms with Crippen LogP contribution in [-0.4, -0.2) is 51.5 Å². The molecule has 0 unspecified atom stereocenters. The highest BCUT2D eigenvalue weighted by Gasteiger charge is 2.45. The Kier molecular flexibility index (Phi) is 6.77. The van der Waals surface area contributed by atoms with Crippen molar-refractivity contribution in [2.45, 2.75) is 12.2 Å². The fourth-order valence-electron chi connectivity index (χ4n) is 2.57. The lowest BCUT2D eigenvalue weighted by Gasteiger charge is -2.36. The fraction of sp³-hybridized carbons (Fsp3) is 0.571. The smallest absolute Gasteiger partial charge is 0.408 e. The van der Waals surface area contributed by atoms with Crippen molar-refractivity contribution in [1.82, 2.24) is 10.2 Å². The largest absolute Gasteiger partial charge is 0.493 e. The van der Waals surface area contributed by atoms with Gasteiger partial charge in [-0.1, -0.05) is 6.07 Å². The summed E-state index contributed by atoms with van der Waals surface area (Å²) >= 11 is 0. The van der Waals surface area contributed by atoms with Crippen LogP contribution in [0.2, 0.25) is 0 Å². The summed E-state index contributed by atoms with van der Waals surface area (Å²) in [4.78, 5) is 1.44. The number of methoxy groups -OCH3 is 2. The van der Waals surface area contributed by atoms with Gasteiger partial charge < -0.3 is 14.8 Å². The Morgan fingerprint density at radius 3 is 2.18 bits per heavy atom. The van der Waals surface area contributed by atoms with Gasteiger partial charge in [0.15, 0.2) is 11.5 Å². The second-order valence-corrected chi connectivity index (χ2v) is 4.84. The minimum absolute atomic E-state index is 0. The van der Waals surface area contributed by atoms with E-state index in [1.807, 2.05) is 0 Å². The number of ether oxygens (including phenoxy) is 2. The summed E-state index contributed by atoms with van der Waals surface area (Å²) in [7, 11) is 2.87. The first-order chi connectivity index (χ1) is 9.97. The Bertz CT molecular complexity index is 480. The van der Waals surface area contributed by atoms with E-state index in [1.54, 1.807) is 0 Å². The summed E-state index contributed by atoms with van der Waals surface area (Å²) in [6.45, 7) is 1.83. The SMILES string of the molecule is COc1ccc([C@@H](N2CCNCC2)C(F)(F)F)cc1OC.Cl. The van der Waals surface area contributed by atoms with Crippen LogP contribution in [-0.2, 0) is 0 Å². The fourth-order valence-corrected chi connectivity index (χ4v) is 2.57. The van der Waals surface area contributed by atoms with Crippen molar-refractivity contribution in [3.63, 3.8) is 0 Å². The molecule has 1 heterocycles. The number of alkyl halides is 3. The molecule has 0 aromatic heterocycles. The van der Waals surface area contributed by atoms with Crippen LogP contribution in [0.1, 0.15) is 11.6 Å². The molecule has 8 heteroatoms. The first-order valence-electron chi connectivity index (χ1n) is 6.70. The summed E-state index contributed by atoms with van der Waals surface area (Å²) in [6, 6.07) is 2.73. The maximum absolute atomic E-state index is 13.5. The Hall–Kier alpha value is -1.18. The van der Waals surface area contributed by atoms with E-state index in [0.717, 1.165) is 0 Å². The zero-order valence-corrected chi connectivity index (χ0v) is 13.3. The van der Waals surface area contributed by atoms with E-state index in [-0.39, 0.29) is 18.0 Å². The van der Waals surface area contributed by atoms with Gasteiger partial charge >= 0.3 is 6.18 Å². The number of hydrogen-bond acceptors (Lipinski definition) is 4. The number of nitrogens with zero attached hydrogens (tertiary/aromatic N) is 1. The average Bonchev–Trinajstić information content (AvgIpc) is 2.47. The van der Waals surface area contributed by atoms with Gasteiger partial charge in [-0.2, -0.15) is 13.2 Å². The first-order valence-corrected chi connectivity index (χ1v) is 6.70. The lowest BCUT2D eigenvalue weighted by atomic mass is 10.0. The molecule has 22 heavy (non-hydrogen) atoms. The van der Waals surface area contributed by atoms with Crippen molar-refractivity contribution >= 4 is 12.4 Å². The summed E-state index contributed by atoms with van der Waals surface area (Å²) < 4.78 is 50.6.